The Morgan fingerprint density at radius 2 is 1.24 bits per heavy atom. The Balaban J connectivity index is 1.59. The molecule has 38 heavy (non-hydrogen) atoms. The van der Waals surface area contributed by atoms with Crippen molar-refractivity contribution in [3.05, 3.63) is 80.6 Å². The van der Waals surface area contributed by atoms with Crippen LogP contribution >= 0.6 is 81.2 Å². The summed E-state index contributed by atoms with van der Waals surface area (Å²) in [6.07, 6.45) is 0. The first kappa shape index (κ1) is 28.0. The topological polar surface area (TPSA) is 74.8 Å². The molecule has 3 amide bonds. The fourth-order valence-electron chi connectivity index (χ4n) is 5.06. The van der Waals surface area contributed by atoms with Gasteiger partial charge in [-0.15, -0.1) is 23.2 Å². The molecule has 1 aliphatic heterocycles. The van der Waals surface area contributed by atoms with Gasteiger partial charge < -0.3 is 0 Å². The van der Waals surface area contributed by atoms with Crippen LogP contribution in [0, 0.1) is 17.7 Å². The van der Waals surface area contributed by atoms with E-state index < -0.39 is 61.8 Å². The summed E-state index contributed by atoms with van der Waals surface area (Å²) in [5.41, 5.74) is 0.0249. The third-order valence-corrected chi connectivity index (χ3v) is 11.4. The maximum Gasteiger partial charge on any atom is 0.273 e. The zero-order valence-corrected chi connectivity index (χ0v) is 23.8. The lowest BCUT2D eigenvalue weighted by Gasteiger charge is -2.36. The fourth-order valence-corrected chi connectivity index (χ4v) is 8.11. The van der Waals surface area contributed by atoms with Crippen molar-refractivity contribution in [2.75, 3.05) is 6.54 Å². The van der Waals surface area contributed by atoms with Gasteiger partial charge in [-0.1, -0.05) is 58.0 Å². The number of imide groups is 1. The second kappa shape index (κ2) is 9.23. The van der Waals surface area contributed by atoms with Crippen molar-refractivity contribution in [2.45, 2.75) is 14.1 Å². The fraction of sp³-hybridized carbons (Fsp3) is 0.250. The molecule has 2 aliphatic carbocycles. The number of hydrogen-bond donors (Lipinski definition) is 0. The van der Waals surface area contributed by atoms with E-state index in [1.54, 1.807) is 0 Å². The lowest BCUT2D eigenvalue weighted by molar-refractivity contribution is -0.154. The number of alkyl halides is 4. The molecule has 2 aromatic carbocycles. The van der Waals surface area contributed by atoms with Crippen molar-refractivity contribution in [3.63, 3.8) is 0 Å². The van der Waals surface area contributed by atoms with Gasteiger partial charge in [0.05, 0.1) is 21.9 Å². The molecule has 198 valence electrons. The Hall–Kier alpha value is -1.58. The summed E-state index contributed by atoms with van der Waals surface area (Å²) >= 11 is 45.1. The molecule has 0 spiro atoms. The number of rotatable bonds is 5. The molecule has 0 N–H and O–H groups in total. The van der Waals surface area contributed by atoms with E-state index >= 15 is 0 Å². The predicted octanol–water partition coefficient (Wildman–Crippen LogP) is 6.17. The van der Waals surface area contributed by atoms with E-state index in [1.165, 1.54) is 36.4 Å². The van der Waals surface area contributed by atoms with Crippen LogP contribution in [0.4, 0.5) is 4.39 Å². The van der Waals surface area contributed by atoms with Gasteiger partial charge in [0, 0.05) is 16.1 Å². The Kier molecular flexibility index (Phi) is 6.79. The largest absolute Gasteiger partial charge is 0.292 e. The average Bonchev–Trinajstić information content (AvgIpc) is 3.26. The number of hydrogen-bond acceptors (Lipinski definition) is 4. The lowest BCUT2D eigenvalue weighted by atomic mass is 9.84. The third-order valence-electron chi connectivity index (χ3n) is 6.91. The van der Waals surface area contributed by atoms with Gasteiger partial charge in [0.25, 0.3) is 17.7 Å². The normalized spacial score (nSPS) is 29.2. The molecule has 0 radical (unpaired) electrons. The van der Waals surface area contributed by atoms with Crippen LogP contribution in [0.15, 0.2) is 58.6 Å². The molecule has 0 aromatic heterocycles. The number of carbonyl (C=O) groups excluding carboxylic acids is 4. The van der Waals surface area contributed by atoms with Gasteiger partial charge in [0.15, 0.2) is 10.1 Å². The molecule has 3 aliphatic rings. The Labute approximate surface area is 250 Å². The van der Waals surface area contributed by atoms with Crippen LogP contribution < -0.4 is 0 Å². The van der Waals surface area contributed by atoms with E-state index in [4.69, 9.17) is 81.2 Å². The summed E-state index contributed by atoms with van der Waals surface area (Å²) in [7, 11) is 0. The van der Waals surface area contributed by atoms with Crippen molar-refractivity contribution >= 4 is 105 Å². The summed E-state index contributed by atoms with van der Waals surface area (Å²) in [5.74, 6) is -7.24. The molecule has 0 unspecified atom stereocenters. The third kappa shape index (κ3) is 3.53. The van der Waals surface area contributed by atoms with Crippen LogP contribution in [-0.4, -0.2) is 54.1 Å². The highest BCUT2D eigenvalue weighted by Gasteiger charge is 2.88. The maximum absolute atomic E-state index is 13.8. The Morgan fingerprint density at radius 3 is 1.71 bits per heavy atom. The van der Waals surface area contributed by atoms with Crippen LogP contribution in [0.3, 0.4) is 0 Å². The van der Waals surface area contributed by atoms with E-state index in [0.29, 0.717) is 15.0 Å². The smallest absolute Gasteiger partial charge is 0.273 e. The second-order valence-corrected chi connectivity index (χ2v) is 12.6. The van der Waals surface area contributed by atoms with Crippen molar-refractivity contribution in [3.8, 4) is 0 Å². The number of ketones is 1. The minimum absolute atomic E-state index is 0.00124. The van der Waals surface area contributed by atoms with Gasteiger partial charge in [-0.3, -0.25) is 19.2 Å². The number of amides is 3. The number of halogens is 8. The number of nitrogens with zero attached hydrogens (tertiary/aromatic N) is 2. The molecule has 2 aromatic rings. The molecule has 6 nitrogen and oxygen atoms in total. The minimum Gasteiger partial charge on any atom is -0.292 e. The number of benzene rings is 2. The molecule has 4 atom stereocenters. The van der Waals surface area contributed by atoms with E-state index in [1.807, 2.05) is 0 Å². The summed E-state index contributed by atoms with van der Waals surface area (Å²) in [6, 6.07) is 10.0. The lowest BCUT2D eigenvalue weighted by Crippen LogP contribution is -2.56. The minimum atomic E-state index is -2.17. The number of fused-ring (bicyclic) bond motifs is 5. The van der Waals surface area contributed by atoms with E-state index in [-0.39, 0.29) is 21.2 Å². The standard InChI is InChI=1S/C24H12Cl7FN2O4/c25-12-5-1-11(2-6-12)19(36)33(9-14(35)10-3-7-13(32)8-4-10)34-20(37)15-16(21(34)38)23(29)18(27)17(26)22(15,28)24(23,30)31/h1-8,15-16H,9H2/t15-,16-,22-,23-/m1/s1. The summed E-state index contributed by atoms with van der Waals surface area (Å²) in [5, 5.41) is 0.860. The molecule has 1 saturated carbocycles. The highest BCUT2D eigenvalue weighted by molar-refractivity contribution is 6.66. The molecule has 2 bridgehead atoms. The van der Waals surface area contributed by atoms with E-state index in [9.17, 15) is 23.6 Å². The highest BCUT2D eigenvalue weighted by Crippen LogP contribution is 2.77. The molecular weight excluding hydrogens is 647 g/mol. The van der Waals surface area contributed by atoms with Gasteiger partial charge in [-0.05, 0) is 48.5 Å². The van der Waals surface area contributed by atoms with Crippen molar-refractivity contribution in [1.82, 2.24) is 10.0 Å². The van der Waals surface area contributed by atoms with Gasteiger partial charge >= 0.3 is 0 Å². The average molecular weight is 660 g/mol. The number of hydrazine groups is 1. The summed E-state index contributed by atoms with van der Waals surface area (Å²) in [4.78, 5) is 50.2. The molecule has 1 heterocycles. The van der Waals surface area contributed by atoms with Gasteiger partial charge in [0.2, 0.25) is 0 Å². The summed E-state index contributed by atoms with van der Waals surface area (Å²) < 4.78 is 11.2. The van der Waals surface area contributed by atoms with Crippen molar-refractivity contribution < 1.29 is 23.6 Å². The van der Waals surface area contributed by atoms with Crippen molar-refractivity contribution in [2.24, 2.45) is 11.8 Å². The van der Waals surface area contributed by atoms with Crippen LogP contribution in [0.5, 0.6) is 0 Å². The molecular formula is C24H12Cl7FN2O4. The zero-order valence-electron chi connectivity index (χ0n) is 18.5. The second-order valence-electron chi connectivity index (χ2n) is 8.87. The van der Waals surface area contributed by atoms with Crippen LogP contribution in [-0.2, 0) is 9.59 Å². The number of Topliss-reactive ketones (excluding diaryl/α,β-unsaturated/α-hetero) is 1. The highest BCUT2D eigenvalue weighted by atomic mass is 35.5. The van der Waals surface area contributed by atoms with E-state index in [0.717, 1.165) is 12.1 Å². The first-order valence-corrected chi connectivity index (χ1v) is 13.4. The van der Waals surface area contributed by atoms with E-state index in [2.05, 4.69) is 0 Å². The van der Waals surface area contributed by atoms with Gasteiger partial charge in [0.1, 0.15) is 22.1 Å². The van der Waals surface area contributed by atoms with Gasteiger partial charge in [-0.25, -0.2) is 9.40 Å². The van der Waals surface area contributed by atoms with Gasteiger partial charge in [-0.2, -0.15) is 5.01 Å². The Morgan fingerprint density at radius 1 is 0.789 bits per heavy atom. The summed E-state index contributed by atoms with van der Waals surface area (Å²) in [6.45, 7) is -0.781. The molecule has 5 rings (SSSR count). The predicted molar refractivity (Wildman–Crippen MR) is 142 cm³/mol. The zero-order chi connectivity index (χ0) is 27.9. The number of allylic oxidation sites excluding steroid dienone is 2. The number of carbonyl (C=O) groups is 4. The van der Waals surface area contributed by atoms with Crippen LogP contribution in [0.2, 0.25) is 5.02 Å². The molecule has 1 saturated heterocycles. The maximum atomic E-state index is 13.8. The first-order chi connectivity index (χ1) is 17.7. The van der Waals surface area contributed by atoms with Crippen LogP contribution in [0.25, 0.3) is 0 Å². The SMILES string of the molecule is O=C(CN(C(=O)c1ccc(Cl)cc1)N1C(=O)[C@H]2[C@H](C1=O)[C@@]1(Cl)C(Cl)=C(Cl)[C@@]2(Cl)C1(Cl)Cl)c1ccc(F)cc1. The van der Waals surface area contributed by atoms with Crippen LogP contribution in [0.1, 0.15) is 20.7 Å². The quantitative estimate of drug-likeness (QED) is 0.219. The molecule has 2 fully saturated rings. The monoisotopic (exact) mass is 656 g/mol. The first-order valence-electron chi connectivity index (χ1n) is 10.7. The Bertz CT molecular complexity index is 1400. The molecule has 14 heteroatoms. The van der Waals surface area contributed by atoms with Crippen molar-refractivity contribution in [1.29, 1.82) is 0 Å².